The van der Waals surface area contributed by atoms with E-state index in [1.165, 1.54) is 11.3 Å². The van der Waals surface area contributed by atoms with Crippen LogP contribution in [0.1, 0.15) is 19.4 Å². The Balaban J connectivity index is 3.01. The number of hydrogen-bond acceptors (Lipinski definition) is 3. The van der Waals surface area contributed by atoms with Gasteiger partial charge in [-0.1, -0.05) is 12.1 Å². The van der Waals surface area contributed by atoms with Crippen molar-refractivity contribution in [2.24, 2.45) is 0 Å². The summed E-state index contributed by atoms with van der Waals surface area (Å²) in [5, 5.41) is 0. The van der Waals surface area contributed by atoms with Crippen molar-refractivity contribution in [1.82, 2.24) is 4.90 Å². The molecule has 3 nitrogen and oxygen atoms in total. The molecule has 1 aromatic rings. The number of anilines is 2. The van der Waals surface area contributed by atoms with Crippen LogP contribution in [0.3, 0.4) is 0 Å². The first-order chi connectivity index (χ1) is 7.97. The highest BCUT2D eigenvalue weighted by Gasteiger charge is 2.17. The van der Waals surface area contributed by atoms with Gasteiger partial charge in [0.05, 0.1) is 11.4 Å². The van der Waals surface area contributed by atoms with E-state index < -0.39 is 0 Å². The average molecular weight is 235 g/mol. The number of nitrogens with zero attached hydrogens (tertiary/aromatic N) is 2. The molecule has 0 heterocycles. The highest BCUT2D eigenvalue weighted by molar-refractivity contribution is 5.71. The van der Waals surface area contributed by atoms with E-state index in [0.717, 1.165) is 18.8 Å². The van der Waals surface area contributed by atoms with Crippen LogP contribution in [0.2, 0.25) is 0 Å². The smallest absolute Gasteiger partial charge is 0.0632 e. The van der Waals surface area contributed by atoms with Crippen molar-refractivity contribution in [3.8, 4) is 0 Å². The SMILES string of the molecule is CCN(c1c(C)cccc1N)C(C)CN(C)C. The van der Waals surface area contributed by atoms with Crippen LogP contribution in [0.25, 0.3) is 0 Å². The molecule has 0 radical (unpaired) electrons. The Morgan fingerprint density at radius 2 is 1.94 bits per heavy atom. The Bertz CT molecular complexity index is 340. The van der Waals surface area contributed by atoms with Crippen molar-refractivity contribution in [3.05, 3.63) is 23.8 Å². The first-order valence-corrected chi connectivity index (χ1v) is 6.23. The molecular formula is C14H25N3. The number of hydrogen-bond donors (Lipinski definition) is 1. The largest absolute Gasteiger partial charge is 0.397 e. The lowest BCUT2D eigenvalue weighted by atomic mass is 10.1. The van der Waals surface area contributed by atoms with Gasteiger partial charge in [-0.05, 0) is 46.5 Å². The van der Waals surface area contributed by atoms with Crippen LogP contribution in [0, 0.1) is 6.92 Å². The molecule has 0 fully saturated rings. The minimum absolute atomic E-state index is 0.457. The summed E-state index contributed by atoms with van der Waals surface area (Å²) in [6.45, 7) is 8.55. The van der Waals surface area contributed by atoms with Crippen LogP contribution in [0.5, 0.6) is 0 Å². The number of nitrogen functional groups attached to an aromatic ring is 1. The molecule has 1 unspecified atom stereocenters. The Labute approximate surface area is 105 Å². The van der Waals surface area contributed by atoms with E-state index in [2.05, 4.69) is 50.7 Å². The summed E-state index contributed by atoms with van der Waals surface area (Å²) in [7, 11) is 4.21. The van der Waals surface area contributed by atoms with Crippen LogP contribution in [-0.4, -0.2) is 38.1 Å². The van der Waals surface area contributed by atoms with Gasteiger partial charge in [-0.25, -0.2) is 0 Å². The number of likely N-dealkylation sites (N-methyl/N-ethyl adjacent to an activating group) is 2. The van der Waals surface area contributed by atoms with E-state index in [1.807, 2.05) is 12.1 Å². The third-order valence-corrected chi connectivity index (χ3v) is 3.06. The molecule has 96 valence electrons. The van der Waals surface area contributed by atoms with Crippen molar-refractivity contribution in [2.75, 3.05) is 37.8 Å². The summed E-state index contributed by atoms with van der Waals surface area (Å²) in [5.74, 6) is 0. The second kappa shape index (κ2) is 5.92. The first-order valence-electron chi connectivity index (χ1n) is 6.23. The third kappa shape index (κ3) is 3.37. The Hall–Kier alpha value is -1.22. The highest BCUT2D eigenvalue weighted by Crippen LogP contribution is 2.28. The van der Waals surface area contributed by atoms with E-state index in [4.69, 9.17) is 5.73 Å². The molecule has 0 aromatic heterocycles. The fourth-order valence-electron chi connectivity index (χ4n) is 2.39. The Morgan fingerprint density at radius 1 is 1.29 bits per heavy atom. The fraction of sp³-hybridized carbons (Fsp3) is 0.571. The molecule has 0 amide bonds. The van der Waals surface area contributed by atoms with Gasteiger partial charge in [0.15, 0.2) is 0 Å². The van der Waals surface area contributed by atoms with E-state index in [9.17, 15) is 0 Å². The molecule has 0 aliphatic carbocycles. The van der Waals surface area contributed by atoms with Crippen LogP contribution >= 0.6 is 0 Å². The molecule has 1 atom stereocenters. The molecule has 0 bridgehead atoms. The van der Waals surface area contributed by atoms with Crippen molar-refractivity contribution in [3.63, 3.8) is 0 Å². The van der Waals surface area contributed by atoms with Gasteiger partial charge in [-0.3, -0.25) is 0 Å². The summed E-state index contributed by atoms with van der Waals surface area (Å²) in [4.78, 5) is 4.59. The maximum Gasteiger partial charge on any atom is 0.0632 e. The number of benzene rings is 1. The van der Waals surface area contributed by atoms with Crippen LogP contribution in [0.4, 0.5) is 11.4 Å². The predicted molar refractivity (Wildman–Crippen MR) is 76.6 cm³/mol. The van der Waals surface area contributed by atoms with Crippen molar-refractivity contribution in [1.29, 1.82) is 0 Å². The van der Waals surface area contributed by atoms with E-state index >= 15 is 0 Å². The summed E-state index contributed by atoms with van der Waals surface area (Å²) < 4.78 is 0. The van der Waals surface area contributed by atoms with Gasteiger partial charge < -0.3 is 15.5 Å². The van der Waals surface area contributed by atoms with Gasteiger partial charge in [-0.2, -0.15) is 0 Å². The van der Waals surface area contributed by atoms with E-state index in [1.54, 1.807) is 0 Å². The molecule has 1 rings (SSSR count). The lowest BCUT2D eigenvalue weighted by Gasteiger charge is -2.34. The van der Waals surface area contributed by atoms with Crippen molar-refractivity contribution in [2.45, 2.75) is 26.8 Å². The molecule has 17 heavy (non-hydrogen) atoms. The summed E-state index contributed by atoms with van der Waals surface area (Å²) in [5.41, 5.74) is 9.42. The molecular weight excluding hydrogens is 210 g/mol. The lowest BCUT2D eigenvalue weighted by molar-refractivity contribution is 0.373. The fourth-order valence-corrected chi connectivity index (χ4v) is 2.39. The minimum atomic E-state index is 0.457. The minimum Gasteiger partial charge on any atom is -0.397 e. The van der Waals surface area contributed by atoms with Gasteiger partial charge in [0.25, 0.3) is 0 Å². The van der Waals surface area contributed by atoms with E-state index in [-0.39, 0.29) is 0 Å². The van der Waals surface area contributed by atoms with Gasteiger partial charge in [0, 0.05) is 19.1 Å². The van der Waals surface area contributed by atoms with Crippen LogP contribution in [0.15, 0.2) is 18.2 Å². The Kier molecular flexibility index (Phi) is 4.82. The maximum absolute atomic E-state index is 6.11. The normalized spacial score (nSPS) is 12.8. The third-order valence-electron chi connectivity index (χ3n) is 3.06. The van der Waals surface area contributed by atoms with Crippen LogP contribution in [-0.2, 0) is 0 Å². The molecule has 2 N–H and O–H groups in total. The summed E-state index contributed by atoms with van der Waals surface area (Å²) in [6.07, 6.45) is 0. The van der Waals surface area contributed by atoms with Gasteiger partial charge in [0.2, 0.25) is 0 Å². The highest BCUT2D eigenvalue weighted by atomic mass is 15.2. The molecule has 1 aromatic carbocycles. The monoisotopic (exact) mass is 235 g/mol. The molecule has 0 aliphatic rings. The van der Waals surface area contributed by atoms with Gasteiger partial charge in [0.1, 0.15) is 0 Å². The van der Waals surface area contributed by atoms with Crippen molar-refractivity contribution < 1.29 is 0 Å². The number of nitrogens with two attached hydrogens (primary N) is 1. The molecule has 0 saturated carbocycles. The maximum atomic E-state index is 6.11. The zero-order valence-electron chi connectivity index (χ0n) is 11.7. The predicted octanol–water partition coefficient (Wildman–Crippen LogP) is 2.35. The quantitative estimate of drug-likeness (QED) is 0.795. The van der Waals surface area contributed by atoms with E-state index in [0.29, 0.717) is 6.04 Å². The molecule has 0 aliphatic heterocycles. The second-order valence-electron chi connectivity index (χ2n) is 4.91. The molecule has 3 heteroatoms. The number of aryl methyl sites for hydroxylation is 1. The number of rotatable bonds is 5. The van der Waals surface area contributed by atoms with Gasteiger partial charge >= 0.3 is 0 Å². The summed E-state index contributed by atoms with van der Waals surface area (Å²) >= 11 is 0. The lowest BCUT2D eigenvalue weighted by Crippen LogP contribution is -2.40. The zero-order valence-corrected chi connectivity index (χ0v) is 11.7. The zero-order chi connectivity index (χ0) is 13.0. The molecule has 0 saturated heterocycles. The average Bonchev–Trinajstić information content (AvgIpc) is 2.22. The second-order valence-corrected chi connectivity index (χ2v) is 4.91. The standard InChI is InChI=1S/C14H25N3/c1-6-17(12(3)10-16(4)5)14-11(2)8-7-9-13(14)15/h7-9,12H,6,10,15H2,1-5H3. The number of para-hydroxylation sites is 1. The van der Waals surface area contributed by atoms with Gasteiger partial charge in [-0.15, -0.1) is 0 Å². The van der Waals surface area contributed by atoms with Crippen molar-refractivity contribution >= 4 is 11.4 Å². The Morgan fingerprint density at radius 3 is 2.41 bits per heavy atom. The summed E-state index contributed by atoms with van der Waals surface area (Å²) in [6, 6.07) is 6.57. The topological polar surface area (TPSA) is 32.5 Å². The first kappa shape index (κ1) is 13.8. The van der Waals surface area contributed by atoms with Crippen LogP contribution < -0.4 is 10.6 Å². The molecule has 0 spiro atoms.